The predicted octanol–water partition coefficient (Wildman–Crippen LogP) is 3.99. The van der Waals surface area contributed by atoms with E-state index in [0.717, 1.165) is 55.8 Å². The minimum atomic E-state index is -0.537. The van der Waals surface area contributed by atoms with E-state index in [2.05, 4.69) is 17.0 Å². The second-order valence-electron chi connectivity index (χ2n) is 10.3. The molecule has 4 atom stereocenters. The highest BCUT2D eigenvalue weighted by Crippen LogP contribution is 2.30. The number of hydrogen-bond donors (Lipinski definition) is 1. The Morgan fingerprint density at radius 2 is 1.69 bits per heavy atom. The molecular formula is C29H38N2O5. The van der Waals surface area contributed by atoms with Gasteiger partial charge in [-0.15, -0.1) is 0 Å². The number of β-amino-alcohol motifs (C(OH)–C–C–N with tert-alkyl or cyclic N) is 1. The zero-order valence-electron chi connectivity index (χ0n) is 21.0. The SMILES string of the molecule is O=C(C[C@@H]1CC[C@H]2[C@@H](COC[C@@H](O)CN2Cc2ccc(Oc3ccccc3)cc2)O1)N1CCCCC1. The van der Waals surface area contributed by atoms with Crippen LogP contribution in [0.2, 0.25) is 0 Å². The van der Waals surface area contributed by atoms with E-state index in [1.807, 2.05) is 47.4 Å². The number of amides is 1. The molecule has 0 spiro atoms. The number of likely N-dealkylation sites (tertiary alicyclic amines) is 1. The zero-order valence-corrected chi connectivity index (χ0v) is 21.0. The van der Waals surface area contributed by atoms with Crippen LogP contribution in [0.5, 0.6) is 11.5 Å². The van der Waals surface area contributed by atoms with Crippen LogP contribution in [-0.2, 0) is 20.8 Å². The van der Waals surface area contributed by atoms with Gasteiger partial charge in [0, 0.05) is 32.2 Å². The first kappa shape index (κ1) is 25.2. The van der Waals surface area contributed by atoms with Gasteiger partial charge in [0.25, 0.3) is 0 Å². The number of rotatable bonds is 6. The second kappa shape index (κ2) is 12.2. The molecule has 0 saturated carbocycles. The number of hydrogen-bond acceptors (Lipinski definition) is 6. The Hall–Kier alpha value is -2.45. The molecule has 3 saturated heterocycles. The monoisotopic (exact) mass is 494 g/mol. The van der Waals surface area contributed by atoms with Crippen LogP contribution in [0.15, 0.2) is 54.6 Å². The van der Waals surface area contributed by atoms with Crippen LogP contribution in [-0.4, -0.2) is 78.0 Å². The first-order chi connectivity index (χ1) is 17.6. The van der Waals surface area contributed by atoms with Gasteiger partial charge >= 0.3 is 0 Å². The molecule has 3 heterocycles. The van der Waals surface area contributed by atoms with Crippen molar-refractivity contribution in [3.05, 3.63) is 60.2 Å². The van der Waals surface area contributed by atoms with Crippen LogP contribution in [0.1, 0.15) is 44.1 Å². The maximum Gasteiger partial charge on any atom is 0.225 e. The highest BCUT2D eigenvalue weighted by atomic mass is 16.5. The molecule has 0 radical (unpaired) electrons. The number of ether oxygens (including phenoxy) is 3. The van der Waals surface area contributed by atoms with Crippen molar-refractivity contribution in [2.75, 3.05) is 32.8 Å². The van der Waals surface area contributed by atoms with Gasteiger partial charge < -0.3 is 24.2 Å². The van der Waals surface area contributed by atoms with Gasteiger partial charge in [0.05, 0.1) is 37.9 Å². The number of carbonyl (C=O) groups excluding carboxylic acids is 1. The highest BCUT2D eigenvalue weighted by Gasteiger charge is 2.38. The lowest BCUT2D eigenvalue weighted by Crippen LogP contribution is -2.55. The summed E-state index contributed by atoms with van der Waals surface area (Å²) in [6.45, 7) is 3.73. The molecule has 1 amide bonds. The third-order valence-corrected chi connectivity index (χ3v) is 7.49. The smallest absolute Gasteiger partial charge is 0.225 e. The van der Waals surface area contributed by atoms with Gasteiger partial charge in [-0.2, -0.15) is 0 Å². The Labute approximate surface area is 213 Å². The molecule has 5 rings (SSSR count). The van der Waals surface area contributed by atoms with Crippen molar-refractivity contribution < 1.29 is 24.1 Å². The normalized spacial score (nSPS) is 27.5. The molecule has 3 fully saturated rings. The molecule has 1 N–H and O–H groups in total. The Bertz CT molecular complexity index is 963. The van der Waals surface area contributed by atoms with Crippen molar-refractivity contribution in [3.8, 4) is 11.5 Å². The molecule has 2 aromatic rings. The van der Waals surface area contributed by atoms with Crippen LogP contribution in [0.4, 0.5) is 0 Å². The summed E-state index contributed by atoms with van der Waals surface area (Å²) < 4.78 is 18.2. The summed E-state index contributed by atoms with van der Waals surface area (Å²) in [5, 5.41) is 10.5. The van der Waals surface area contributed by atoms with Gasteiger partial charge in [-0.05, 0) is 61.9 Å². The molecular weight excluding hydrogens is 456 g/mol. The fraction of sp³-hybridized carbons (Fsp3) is 0.552. The summed E-state index contributed by atoms with van der Waals surface area (Å²) in [5.74, 6) is 1.83. The lowest BCUT2D eigenvalue weighted by Gasteiger charge is -2.44. The average molecular weight is 495 g/mol. The number of nitrogens with zero attached hydrogens (tertiary/aromatic N) is 2. The first-order valence-corrected chi connectivity index (χ1v) is 13.4. The minimum Gasteiger partial charge on any atom is -0.457 e. The lowest BCUT2D eigenvalue weighted by atomic mass is 9.94. The number of carbonyl (C=O) groups is 1. The summed E-state index contributed by atoms with van der Waals surface area (Å²) in [4.78, 5) is 17.1. The summed E-state index contributed by atoms with van der Waals surface area (Å²) in [7, 11) is 0. The molecule has 36 heavy (non-hydrogen) atoms. The van der Waals surface area contributed by atoms with E-state index in [1.165, 1.54) is 6.42 Å². The first-order valence-electron chi connectivity index (χ1n) is 13.4. The van der Waals surface area contributed by atoms with Crippen molar-refractivity contribution in [1.29, 1.82) is 0 Å². The number of aliphatic hydroxyl groups excluding tert-OH is 1. The van der Waals surface area contributed by atoms with Crippen LogP contribution >= 0.6 is 0 Å². The largest absolute Gasteiger partial charge is 0.457 e. The van der Waals surface area contributed by atoms with Crippen LogP contribution in [0, 0.1) is 0 Å². The van der Waals surface area contributed by atoms with Gasteiger partial charge in [0.15, 0.2) is 0 Å². The van der Waals surface area contributed by atoms with Crippen molar-refractivity contribution in [2.24, 2.45) is 0 Å². The summed E-state index contributed by atoms with van der Waals surface area (Å²) in [5.41, 5.74) is 1.16. The number of para-hydroxylation sites is 1. The standard InChI is InChI=1S/C29H38N2O5/c32-23-19-31(18-22-9-11-25(12-10-22)35-24-7-3-1-4-8-24)27-14-13-26(36-28(27)21-34-20-23)17-29(33)30-15-5-2-6-16-30/h1,3-4,7-12,23,26-28,32H,2,5-6,13-21H2/t23-,26-,27-,28+/m0/s1. The molecule has 2 aromatic carbocycles. The second-order valence-corrected chi connectivity index (χ2v) is 10.3. The number of aliphatic hydroxyl groups is 1. The van der Waals surface area contributed by atoms with Gasteiger partial charge in [0.2, 0.25) is 5.91 Å². The maximum atomic E-state index is 12.8. The maximum absolute atomic E-state index is 12.8. The Morgan fingerprint density at radius 1 is 0.944 bits per heavy atom. The lowest BCUT2D eigenvalue weighted by molar-refractivity contribution is -0.161. The molecule has 7 nitrogen and oxygen atoms in total. The fourth-order valence-corrected chi connectivity index (χ4v) is 5.62. The summed E-state index contributed by atoms with van der Waals surface area (Å²) in [6, 6.07) is 18.0. The molecule has 7 heteroatoms. The Balaban J connectivity index is 1.21. The molecule has 0 aromatic heterocycles. The molecule has 3 aliphatic rings. The number of fused-ring (bicyclic) bond motifs is 1. The van der Waals surface area contributed by atoms with Gasteiger partial charge in [0.1, 0.15) is 11.5 Å². The van der Waals surface area contributed by atoms with Crippen LogP contribution < -0.4 is 4.74 Å². The van der Waals surface area contributed by atoms with Gasteiger partial charge in [-0.3, -0.25) is 9.69 Å². The Morgan fingerprint density at radius 3 is 2.47 bits per heavy atom. The quantitative estimate of drug-likeness (QED) is 0.655. The highest BCUT2D eigenvalue weighted by molar-refractivity contribution is 5.76. The van der Waals surface area contributed by atoms with Crippen molar-refractivity contribution in [1.82, 2.24) is 9.80 Å². The average Bonchev–Trinajstić information content (AvgIpc) is 2.90. The van der Waals surface area contributed by atoms with E-state index < -0.39 is 6.10 Å². The number of benzene rings is 2. The van der Waals surface area contributed by atoms with Gasteiger partial charge in [-0.25, -0.2) is 0 Å². The van der Waals surface area contributed by atoms with Crippen LogP contribution in [0.25, 0.3) is 0 Å². The minimum absolute atomic E-state index is 0.0649. The number of piperidine rings is 1. The predicted molar refractivity (Wildman–Crippen MR) is 137 cm³/mol. The fourth-order valence-electron chi connectivity index (χ4n) is 5.62. The third kappa shape index (κ3) is 6.65. The Kier molecular flexibility index (Phi) is 8.54. The van der Waals surface area contributed by atoms with E-state index >= 15 is 0 Å². The van der Waals surface area contributed by atoms with E-state index in [4.69, 9.17) is 14.2 Å². The third-order valence-electron chi connectivity index (χ3n) is 7.49. The van der Waals surface area contributed by atoms with Crippen molar-refractivity contribution >= 4 is 5.91 Å². The molecule has 3 aliphatic heterocycles. The van der Waals surface area contributed by atoms with E-state index in [-0.39, 0.29) is 24.2 Å². The zero-order chi connectivity index (χ0) is 24.7. The van der Waals surface area contributed by atoms with E-state index in [9.17, 15) is 9.90 Å². The van der Waals surface area contributed by atoms with E-state index in [0.29, 0.717) is 32.7 Å². The van der Waals surface area contributed by atoms with E-state index in [1.54, 1.807) is 0 Å². The molecule has 0 unspecified atom stereocenters. The summed E-state index contributed by atoms with van der Waals surface area (Å²) in [6.07, 6.45) is 4.94. The summed E-state index contributed by atoms with van der Waals surface area (Å²) >= 11 is 0. The van der Waals surface area contributed by atoms with Crippen molar-refractivity contribution in [2.45, 2.75) is 69.4 Å². The molecule has 194 valence electrons. The van der Waals surface area contributed by atoms with Crippen molar-refractivity contribution in [3.63, 3.8) is 0 Å². The topological polar surface area (TPSA) is 71.5 Å². The molecule has 0 bridgehead atoms. The van der Waals surface area contributed by atoms with Gasteiger partial charge in [-0.1, -0.05) is 30.3 Å². The van der Waals surface area contributed by atoms with Crippen LogP contribution in [0.3, 0.4) is 0 Å². The molecule has 0 aliphatic carbocycles.